The molecular formula is C27H26ClN3O3S. The predicted molar refractivity (Wildman–Crippen MR) is 140 cm³/mol. The normalized spacial score (nSPS) is 18.8. The molecular weight excluding hydrogens is 482 g/mol. The molecule has 2 heterocycles. The molecule has 0 saturated carbocycles. The zero-order chi connectivity index (χ0) is 24.6. The van der Waals surface area contributed by atoms with Crippen LogP contribution in [0.15, 0.2) is 66.7 Å². The summed E-state index contributed by atoms with van der Waals surface area (Å²) in [6, 6.07) is 20.9. The number of ether oxygens (including phenoxy) is 1. The summed E-state index contributed by atoms with van der Waals surface area (Å²) in [5, 5.41) is 3.62. The first-order valence-electron chi connectivity index (χ1n) is 11.4. The van der Waals surface area contributed by atoms with Crippen molar-refractivity contribution in [1.82, 2.24) is 10.2 Å². The highest BCUT2D eigenvalue weighted by atomic mass is 35.5. The Labute approximate surface area is 214 Å². The Kier molecular flexibility index (Phi) is 6.38. The van der Waals surface area contributed by atoms with E-state index in [2.05, 4.69) is 5.32 Å². The monoisotopic (exact) mass is 507 g/mol. The van der Waals surface area contributed by atoms with Crippen LogP contribution in [0.25, 0.3) is 0 Å². The fourth-order valence-corrected chi connectivity index (χ4v) is 6.42. The minimum absolute atomic E-state index is 0.145. The van der Waals surface area contributed by atoms with Crippen molar-refractivity contribution in [3.8, 4) is 5.75 Å². The van der Waals surface area contributed by atoms with Crippen LogP contribution in [0.1, 0.15) is 22.3 Å². The second-order valence-electron chi connectivity index (χ2n) is 8.66. The van der Waals surface area contributed by atoms with Gasteiger partial charge in [0, 0.05) is 29.4 Å². The Hall–Kier alpha value is -3.16. The van der Waals surface area contributed by atoms with Gasteiger partial charge in [0.2, 0.25) is 0 Å². The molecule has 1 saturated heterocycles. The number of fused-ring (bicyclic) bond motifs is 2. The first-order chi connectivity index (χ1) is 16.9. The number of carbonyl (C=O) groups excluding carboxylic acids is 2. The van der Waals surface area contributed by atoms with Crippen molar-refractivity contribution in [3.63, 3.8) is 0 Å². The highest BCUT2D eigenvalue weighted by Gasteiger charge is 2.59. The Balaban J connectivity index is 1.49. The Bertz CT molecular complexity index is 1300. The number of thioether (sulfide) groups is 1. The number of halogens is 1. The van der Waals surface area contributed by atoms with E-state index in [1.807, 2.05) is 73.7 Å². The van der Waals surface area contributed by atoms with E-state index in [4.69, 9.17) is 16.3 Å². The van der Waals surface area contributed by atoms with Crippen molar-refractivity contribution < 1.29 is 14.3 Å². The molecule has 3 aromatic carbocycles. The number of rotatable bonds is 5. The summed E-state index contributed by atoms with van der Waals surface area (Å²) in [6.07, 6.45) is 0. The maximum absolute atomic E-state index is 14.1. The Morgan fingerprint density at radius 3 is 2.74 bits per heavy atom. The predicted octanol–water partition coefficient (Wildman–Crippen LogP) is 5.32. The summed E-state index contributed by atoms with van der Waals surface area (Å²) in [6.45, 7) is 3.19. The largest absolute Gasteiger partial charge is 0.497 e. The number of hydrogen-bond acceptors (Lipinski definition) is 4. The standard InChI is InChI=1S/C27H26ClN3O3S/c1-18-6-5-7-19(14-18)16-29-26(33)31-12-13-35-27(31)22-15-21(34-2)10-11-24(22)30(25(27)32)17-20-8-3-4-9-23(20)28/h3-11,14-15H,12-13,16-17H2,1-2H3,(H,29,33)/t27-/m1/s1. The maximum Gasteiger partial charge on any atom is 0.319 e. The molecule has 1 atom stereocenters. The van der Waals surface area contributed by atoms with Crippen LogP contribution in [0.5, 0.6) is 5.75 Å². The van der Waals surface area contributed by atoms with E-state index in [-0.39, 0.29) is 11.9 Å². The third kappa shape index (κ3) is 4.13. The summed E-state index contributed by atoms with van der Waals surface area (Å²) in [5.74, 6) is 1.15. The van der Waals surface area contributed by atoms with Crippen molar-refractivity contribution >= 4 is 41.0 Å². The number of carbonyl (C=O) groups is 2. The van der Waals surface area contributed by atoms with E-state index in [0.29, 0.717) is 36.2 Å². The Morgan fingerprint density at radius 1 is 1.14 bits per heavy atom. The van der Waals surface area contributed by atoms with Gasteiger partial charge in [-0.1, -0.05) is 59.6 Å². The van der Waals surface area contributed by atoms with Crippen molar-refractivity contribution in [2.45, 2.75) is 24.9 Å². The van der Waals surface area contributed by atoms with Crippen LogP contribution in [0.3, 0.4) is 0 Å². The first-order valence-corrected chi connectivity index (χ1v) is 12.8. The number of benzene rings is 3. The number of methoxy groups -OCH3 is 1. The lowest BCUT2D eigenvalue weighted by Crippen LogP contribution is -2.53. The lowest BCUT2D eigenvalue weighted by molar-refractivity contribution is -0.123. The summed E-state index contributed by atoms with van der Waals surface area (Å²) in [7, 11) is 1.60. The van der Waals surface area contributed by atoms with Gasteiger partial charge < -0.3 is 15.0 Å². The summed E-state index contributed by atoms with van der Waals surface area (Å²) in [5.41, 5.74) is 4.52. The van der Waals surface area contributed by atoms with Crippen molar-refractivity contribution in [2.75, 3.05) is 24.3 Å². The SMILES string of the molecule is COc1ccc2c(c1)[C@@]1(SCCN1C(=O)NCc1cccc(C)c1)C(=O)N2Cc1ccccc1Cl. The second-order valence-corrected chi connectivity index (χ2v) is 10.4. The summed E-state index contributed by atoms with van der Waals surface area (Å²) < 4.78 is 5.48. The van der Waals surface area contributed by atoms with Gasteiger partial charge in [-0.05, 0) is 42.3 Å². The number of aryl methyl sites for hydroxylation is 1. The smallest absolute Gasteiger partial charge is 0.319 e. The second kappa shape index (κ2) is 9.47. The maximum atomic E-state index is 14.1. The molecule has 3 amide bonds. The van der Waals surface area contributed by atoms with Crippen molar-refractivity contribution in [3.05, 3.63) is 94.0 Å². The minimum atomic E-state index is -1.15. The number of urea groups is 1. The number of hydrogen-bond donors (Lipinski definition) is 1. The molecule has 5 rings (SSSR count). The first kappa shape index (κ1) is 23.6. The molecule has 35 heavy (non-hydrogen) atoms. The van der Waals surface area contributed by atoms with Crippen LogP contribution in [0, 0.1) is 6.92 Å². The van der Waals surface area contributed by atoms with Gasteiger partial charge >= 0.3 is 6.03 Å². The molecule has 6 nitrogen and oxygen atoms in total. The third-order valence-electron chi connectivity index (χ3n) is 6.46. The van der Waals surface area contributed by atoms with Gasteiger partial charge in [-0.25, -0.2) is 4.79 Å². The average molecular weight is 508 g/mol. The lowest BCUT2D eigenvalue weighted by atomic mass is 10.1. The van der Waals surface area contributed by atoms with Crippen LogP contribution >= 0.6 is 23.4 Å². The van der Waals surface area contributed by atoms with Gasteiger partial charge in [0.05, 0.1) is 19.3 Å². The molecule has 0 unspecified atom stereocenters. The van der Waals surface area contributed by atoms with Crippen LogP contribution < -0.4 is 15.0 Å². The zero-order valence-corrected chi connectivity index (χ0v) is 21.2. The highest BCUT2D eigenvalue weighted by Crippen LogP contribution is 2.55. The van der Waals surface area contributed by atoms with E-state index >= 15 is 0 Å². The number of nitrogens with zero attached hydrogens (tertiary/aromatic N) is 2. The van der Waals surface area contributed by atoms with Crippen molar-refractivity contribution in [1.29, 1.82) is 0 Å². The molecule has 2 aliphatic heterocycles. The fraction of sp³-hybridized carbons (Fsp3) is 0.259. The summed E-state index contributed by atoms with van der Waals surface area (Å²) >= 11 is 7.91. The molecule has 1 N–H and O–H groups in total. The van der Waals surface area contributed by atoms with E-state index < -0.39 is 4.87 Å². The van der Waals surface area contributed by atoms with Crippen LogP contribution in [-0.4, -0.2) is 36.2 Å². The lowest BCUT2D eigenvalue weighted by Gasteiger charge is -2.33. The molecule has 0 radical (unpaired) electrons. The van der Waals surface area contributed by atoms with E-state index in [1.165, 1.54) is 11.8 Å². The zero-order valence-electron chi connectivity index (χ0n) is 19.6. The topological polar surface area (TPSA) is 61.9 Å². The van der Waals surface area contributed by atoms with E-state index in [0.717, 1.165) is 27.9 Å². The van der Waals surface area contributed by atoms with Crippen molar-refractivity contribution in [2.24, 2.45) is 0 Å². The fourth-order valence-electron chi connectivity index (χ4n) is 4.77. The van der Waals surface area contributed by atoms with Gasteiger partial charge in [-0.2, -0.15) is 0 Å². The van der Waals surface area contributed by atoms with E-state index in [9.17, 15) is 9.59 Å². The third-order valence-corrected chi connectivity index (χ3v) is 8.25. The molecule has 1 spiro atoms. The quantitative estimate of drug-likeness (QED) is 0.508. The van der Waals surface area contributed by atoms with E-state index in [1.54, 1.807) is 16.9 Å². The van der Waals surface area contributed by atoms with Crippen LogP contribution in [0.2, 0.25) is 5.02 Å². The van der Waals surface area contributed by atoms with Crippen LogP contribution in [-0.2, 0) is 22.8 Å². The molecule has 8 heteroatoms. The highest BCUT2D eigenvalue weighted by molar-refractivity contribution is 8.01. The minimum Gasteiger partial charge on any atom is -0.497 e. The molecule has 2 aliphatic rings. The molecule has 180 valence electrons. The average Bonchev–Trinajstić information content (AvgIpc) is 3.40. The Morgan fingerprint density at radius 2 is 1.97 bits per heavy atom. The molecule has 1 fully saturated rings. The molecule has 0 aromatic heterocycles. The van der Waals surface area contributed by atoms with Gasteiger partial charge in [0.15, 0.2) is 4.87 Å². The number of nitrogens with one attached hydrogen (secondary N) is 1. The molecule has 0 aliphatic carbocycles. The molecule has 0 bridgehead atoms. The van der Waals surface area contributed by atoms with Crippen LogP contribution in [0.4, 0.5) is 10.5 Å². The van der Waals surface area contributed by atoms with Gasteiger partial charge in [0.1, 0.15) is 5.75 Å². The molecule has 3 aromatic rings. The van der Waals surface area contributed by atoms with Gasteiger partial charge in [-0.15, -0.1) is 11.8 Å². The van der Waals surface area contributed by atoms with Gasteiger partial charge in [0.25, 0.3) is 5.91 Å². The van der Waals surface area contributed by atoms with Gasteiger partial charge in [-0.3, -0.25) is 9.69 Å². The summed E-state index contributed by atoms with van der Waals surface area (Å²) in [4.78, 5) is 29.9. The number of amides is 3. The number of anilines is 1.